The van der Waals surface area contributed by atoms with E-state index in [0.29, 0.717) is 26.4 Å². The molecule has 6 nitrogen and oxygen atoms in total. The first-order valence-electron chi connectivity index (χ1n) is 10.0. The van der Waals surface area contributed by atoms with Crippen molar-refractivity contribution in [2.24, 2.45) is 5.73 Å². The molecule has 1 atom stereocenters. The minimum Gasteiger partial charge on any atom is -0.489 e. The quantitative estimate of drug-likeness (QED) is 0.633. The molecule has 1 aliphatic heterocycles. The van der Waals surface area contributed by atoms with E-state index in [1.807, 2.05) is 54.6 Å². The van der Waals surface area contributed by atoms with Crippen LogP contribution in [0.25, 0.3) is 0 Å². The van der Waals surface area contributed by atoms with Crippen molar-refractivity contribution in [3.63, 3.8) is 0 Å². The molecule has 3 rings (SSSR count). The second-order valence-electron chi connectivity index (χ2n) is 7.34. The number of methoxy groups -OCH3 is 1. The highest BCUT2D eigenvalue weighted by molar-refractivity contribution is 5.85. The first-order valence-corrected chi connectivity index (χ1v) is 10.0. The van der Waals surface area contributed by atoms with Gasteiger partial charge in [0.1, 0.15) is 12.4 Å². The summed E-state index contributed by atoms with van der Waals surface area (Å²) in [5, 5.41) is 3.23. The molecule has 2 aromatic rings. The Kier molecular flexibility index (Phi) is 9.59. The fourth-order valence-electron chi connectivity index (χ4n) is 3.60. The van der Waals surface area contributed by atoms with Crippen LogP contribution in [0, 0.1) is 0 Å². The third kappa shape index (κ3) is 6.44. The molecule has 0 saturated carbocycles. The Bertz CT molecular complexity index is 761. The van der Waals surface area contributed by atoms with Gasteiger partial charge < -0.3 is 25.3 Å². The maximum Gasteiger partial charge on any atom is 0.223 e. The average molecular weight is 435 g/mol. The number of amides is 1. The zero-order chi connectivity index (χ0) is 20.5. The van der Waals surface area contributed by atoms with Gasteiger partial charge in [-0.3, -0.25) is 4.79 Å². The van der Waals surface area contributed by atoms with Crippen LogP contribution in [0.3, 0.4) is 0 Å². The Morgan fingerprint density at radius 3 is 2.40 bits per heavy atom. The van der Waals surface area contributed by atoms with Gasteiger partial charge in [-0.2, -0.15) is 0 Å². The summed E-state index contributed by atoms with van der Waals surface area (Å²) in [5.74, 6) is 0.738. The Labute approximate surface area is 184 Å². The smallest absolute Gasteiger partial charge is 0.223 e. The molecule has 7 heteroatoms. The fraction of sp³-hybridized carbons (Fsp3) is 0.435. The minimum absolute atomic E-state index is 0. The predicted octanol–water partition coefficient (Wildman–Crippen LogP) is 3.17. The lowest BCUT2D eigenvalue weighted by atomic mass is 9.82. The van der Waals surface area contributed by atoms with Gasteiger partial charge in [-0.15, -0.1) is 12.4 Å². The van der Waals surface area contributed by atoms with E-state index in [0.717, 1.165) is 29.7 Å². The summed E-state index contributed by atoms with van der Waals surface area (Å²) < 4.78 is 16.7. The van der Waals surface area contributed by atoms with Crippen LogP contribution in [-0.4, -0.2) is 38.9 Å². The molecule has 2 aromatic carbocycles. The molecule has 1 aliphatic rings. The molecule has 164 valence electrons. The van der Waals surface area contributed by atoms with Crippen molar-refractivity contribution in [2.75, 3.05) is 26.9 Å². The standard InChI is InChI=1S/C23H30N2O4.ClH/c1-27-21(16-24)15-22(26)25-23(11-13-28-14-12-23)19-7-9-20(10-8-19)29-17-18-5-3-2-4-6-18;/h2-10,21H,11-17,24H2,1H3,(H,25,26);1H. The summed E-state index contributed by atoms with van der Waals surface area (Å²) in [5.41, 5.74) is 7.39. The summed E-state index contributed by atoms with van der Waals surface area (Å²) in [6.07, 6.45) is 1.42. The second-order valence-corrected chi connectivity index (χ2v) is 7.34. The molecule has 0 aliphatic carbocycles. The van der Waals surface area contributed by atoms with Gasteiger partial charge in [-0.25, -0.2) is 0 Å². The number of carbonyl (C=O) groups is 1. The van der Waals surface area contributed by atoms with Gasteiger partial charge in [0.15, 0.2) is 0 Å². The molecule has 3 N–H and O–H groups in total. The highest BCUT2D eigenvalue weighted by Gasteiger charge is 2.36. The normalized spacial score (nSPS) is 16.2. The van der Waals surface area contributed by atoms with E-state index in [1.165, 1.54) is 0 Å². The number of hydrogen-bond acceptors (Lipinski definition) is 5. The van der Waals surface area contributed by atoms with E-state index in [1.54, 1.807) is 7.11 Å². The van der Waals surface area contributed by atoms with E-state index in [4.69, 9.17) is 19.9 Å². The van der Waals surface area contributed by atoms with Crippen molar-refractivity contribution in [1.82, 2.24) is 5.32 Å². The molecule has 1 amide bonds. The SMILES string of the molecule is COC(CN)CC(=O)NC1(c2ccc(OCc3ccccc3)cc2)CCOCC1.Cl. The summed E-state index contributed by atoms with van der Waals surface area (Å²) in [4.78, 5) is 12.6. The summed E-state index contributed by atoms with van der Waals surface area (Å²) in [7, 11) is 1.57. The Morgan fingerprint density at radius 1 is 1.13 bits per heavy atom. The van der Waals surface area contributed by atoms with E-state index < -0.39 is 5.54 Å². The number of ether oxygens (including phenoxy) is 3. The van der Waals surface area contributed by atoms with Crippen molar-refractivity contribution >= 4 is 18.3 Å². The number of carbonyl (C=O) groups excluding carboxylic acids is 1. The summed E-state index contributed by atoms with van der Waals surface area (Å²) in [6.45, 7) is 2.05. The van der Waals surface area contributed by atoms with Crippen LogP contribution >= 0.6 is 12.4 Å². The lowest BCUT2D eigenvalue weighted by molar-refractivity contribution is -0.126. The van der Waals surface area contributed by atoms with Gasteiger partial charge in [0, 0.05) is 26.9 Å². The second kappa shape index (κ2) is 11.9. The van der Waals surface area contributed by atoms with Crippen molar-refractivity contribution in [1.29, 1.82) is 0 Å². The maximum atomic E-state index is 12.6. The van der Waals surface area contributed by atoms with Crippen molar-refractivity contribution in [2.45, 2.75) is 37.5 Å². The van der Waals surface area contributed by atoms with Crippen LogP contribution in [0.5, 0.6) is 5.75 Å². The Balaban J connectivity index is 0.00000320. The number of nitrogens with two attached hydrogens (primary N) is 1. The van der Waals surface area contributed by atoms with Crippen molar-refractivity contribution in [3.8, 4) is 5.75 Å². The zero-order valence-electron chi connectivity index (χ0n) is 17.3. The van der Waals surface area contributed by atoms with Crippen LogP contribution in [-0.2, 0) is 26.4 Å². The van der Waals surface area contributed by atoms with Crippen molar-refractivity contribution in [3.05, 3.63) is 65.7 Å². The fourth-order valence-corrected chi connectivity index (χ4v) is 3.60. The lowest BCUT2D eigenvalue weighted by Gasteiger charge is -2.39. The topological polar surface area (TPSA) is 82.8 Å². The predicted molar refractivity (Wildman–Crippen MR) is 119 cm³/mol. The van der Waals surface area contributed by atoms with Crippen LogP contribution in [0.2, 0.25) is 0 Å². The van der Waals surface area contributed by atoms with Gasteiger partial charge in [0.2, 0.25) is 5.91 Å². The van der Waals surface area contributed by atoms with Crippen LogP contribution < -0.4 is 15.8 Å². The van der Waals surface area contributed by atoms with E-state index in [9.17, 15) is 4.79 Å². The lowest BCUT2D eigenvalue weighted by Crippen LogP contribution is -2.50. The van der Waals surface area contributed by atoms with Gasteiger partial charge in [-0.1, -0.05) is 42.5 Å². The van der Waals surface area contributed by atoms with Crippen molar-refractivity contribution < 1.29 is 19.0 Å². The molecule has 0 radical (unpaired) electrons. The van der Waals surface area contributed by atoms with Gasteiger partial charge in [0.25, 0.3) is 0 Å². The molecule has 1 saturated heterocycles. The average Bonchev–Trinajstić information content (AvgIpc) is 2.77. The highest BCUT2D eigenvalue weighted by Crippen LogP contribution is 2.33. The van der Waals surface area contributed by atoms with Crippen LogP contribution in [0.15, 0.2) is 54.6 Å². The third-order valence-corrected chi connectivity index (χ3v) is 5.39. The van der Waals surface area contributed by atoms with Crippen LogP contribution in [0.1, 0.15) is 30.4 Å². The first-order chi connectivity index (χ1) is 14.1. The number of benzene rings is 2. The summed E-state index contributed by atoms with van der Waals surface area (Å²) in [6, 6.07) is 18.0. The molecule has 1 unspecified atom stereocenters. The van der Waals surface area contributed by atoms with Gasteiger partial charge in [0.05, 0.1) is 18.1 Å². The first kappa shape index (κ1) is 24.2. The number of halogens is 1. The largest absolute Gasteiger partial charge is 0.489 e. The summed E-state index contributed by atoms with van der Waals surface area (Å²) >= 11 is 0. The van der Waals surface area contributed by atoms with Crippen LogP contribution in [0.4, 0.5) is 0 Å². The van der Waals surface area contributed by atoms with Gasteiger partial charge >= 0.3 is 0 Å². The number of nitrogens with one attached hydrogen (secondary N) is 1. The monoisotopic (exact) mass is 434 g/mol. The number of hydrogen-bond donors (Lipinski definition) is 2. The maximum absolute atomic E-state index is 12.6. The Morgan fingerprint density at radius 2 is 1.80 bits per heavy atom. The third-order valence-electron chi connectivity index (χ3n) is 5.39. The molecule has 1 heterocycles. The van der Waals surface area contributed by atoms with E-state index >= 15 is 0 Å². The molecule has 30 heavy (non-hydrogen) atoms. The molecule has 0 bridgehead atoms. The molecule has 0 spiro atoms. The zero-order valence-corrected chi connectivity index (χ0v) is 18.2. The minimum atomic E-state index is -0.444. The molecular formula is C23H31ClN2O4. The molecule has 0 aromatic heterocycles. The van der Waals surface area contributed by atoms with E-state index in [-0.39, 0.29) is 30.8 Å². The highest BCUT2D eigenvalue weighted by atomic mass is 35.5. The molecular weight excluding hydrogens is 404 g/mol. The Hall–Kier alpha value is -2.12. The number of rotatable bonds is 9. The van der Waals surface area contributed by atoms with E-state index in [2.05, 4.69) is 5.32 Å². The van der Waals surface area contributed by atoms with Gasteiger partial charge in [-0.05, 0) is 36.1 Å². The molecule has 1 fully saturated rings.